The van der Waals surface area contributed by atoms with Crippen LogP contribution in [0.1, 0.15) is 11.1 Å². The van der Waals surface area contributed by atoms with Gasteiger partial charge in [0.2, 0.25) is 5.78 Å². The number of nitrogens with one attached hydrogen (secondary N) is 1. The first-order chi connectivity index (χ1) is 11.6. The summed E-state index contributed by atoms with van der Waals surface area (Å²) in [6.07, 6.45) is 1.78. The maximum absolute atomic E-state index is 12.6. The van der Waals surface area contributed by atoms with Crippen molar-refractivity contribution in [2.45, 2.75) is 13.8 Å². The van der Waals surface area contributed by atoms with Crippen molar-refractivity contribution in [1.82, 2.24) is 14.4 Å². The van der Waals surface area contributed by atoms with Gasteiger partial charge in [0, 0.05) is 17.4 Å². The van der Waals surface area contributed by atoms with Gasteiger partial charge in [-0.05, 0) is 37.6 Å². The fourth-order valence-corrected chi connectivity index (χ4v) is 2.74. The van der Waals surface area contributed by atoms with Crippen LogP contribution in [0.15, 0.2) is 59.5 Å². The van der Waals surface area contributed by atoms with Gasteiger partial charge in [0.15, 0.2) is 0 Å². The van der Waals surface area contributed by atoms with Gasteiger partial charge in [-0.3, -0.25) is 9.20 Å². The van der Waals surface area contributed by atoms with E-state index in [0.717, 1.165) is 16.8 Å². The molecule has 0 bridgehead atoms. The van der Waals surface area contributed by atoms with Crippen molar-refractivity contribution < 1.29 is 0 Å². The van der Waals surface area contributed by atoms with E-state index in [1.54, 1.807) is 12.3 Å². The van der Waals surface area contributed by atoms with Gasteiger partial charge in [-0.25, -0.2) is 4.98 Å². The van der Waals surface area contributed by atoms with E-state index in [0.29, 0.717) is 22.5 Å². The van der Waals surface area contributed by atoms with Crippen molar-refractivity contribution in [1.29, 1.82) is 0 Å². The Balaban J connectivity index is 1.92. The summed E-state index contributed by atoms with van der Waals surface area (Å²) < 4.78 is 1.50. The van der Waals surface area contributed by atoms with Gasteiger partial charge in [0.1, 0.15) is 5.82 Å². The number of para-hydroxylation sites is 2. The largest absolute Gasteiger partial charge is 0.340 e. The van der Waals surface area contributed by atoms with E-state index in [1.165, 1.54) is 4.40 Å². The summed E-state index contributed by atoms with van der Waals surface area (Å²) in [5, 5.41) is 3.93. The number of aromatic nitrogens is 3. The van der Waals surface area contributed by atoms with Crippen molar-refractivity contribution in [3.05, 3.63) is 76.2 Å². The number of fused-ring (bicyclic) bond motifs is 2. The molecule has 0 unspecified atom stereocenters. The van der Waals surface area contributed by atoms with E-state index >= 15 is 0 Å². The van der Waals surface area contributed by atoms with Gasteiger partial charge in [-0.2, -0.15) is 4.98 Å². The molecule has 24 heavy (non-hydrogen) atoms. The molecule has 0 aliphatic carbocycles. The number of hydrogen-bond acceptors (Lipinski definition) is 4. The Morgan fingerprint density at radius 2 is 1.67 bits per heavy atom. The second-order valence-electron chi connectivity index (χ2n) is 5.82. The number of hydrogen-bond donors (Lipinski definition) is 1. The van der Waals surface area contributed by atoms with Crippen LogP contribution >= 0.6 is 0 Å². The average molecular weight is 316 g/mol. The Morgan fingerprint density at radius 3 is 2.50 bits per heavy atom. The van der Waals surface area contributed by atoms with Crippen LogP contribution in [0, 0.1) is 13.8 Å². The van der Waals surface area contributed by atoms with Gasteiger partial charge >= 0.3 is 0 Å². The topological polar surface area (TPSA) is 59.3 Å². The minimum absolute atomic E-state index is 0.103. The molecule has 2 aromatic heterocycles. The minimum Gasteiger partial charge on any atom is -0.340 e. The third-order valence-electron chi connectivity index (χ3n) is 4.10. The molecule has 0 fully saturated rings. The maximum atomic E-state index is 12.6. The first kappa shape index (κ1) is 14.4. The van der Waals surface area contributed by atoms with Gasteiger partial charge in [-0.15, -0.1) is 0 Å². The van der Waals surface area contributed by atoms with E-state index < -0.39 is 0 Å². The zero-order valence-corrected chi connectivity index (χ0v) is 13.4. The minimum atomic E-state index is -0.103. The molecule has 0 atom stereocenters. The lowest BCUT2D eigenvalue weighted by atomic mass is 10.2. The molecule has 0 amide bonds. The van der Waals surface area contributed by atoms with E-state index in [9.17, 15) is 4.79 Å². The van der Waals surface area contributed by atoms with Crippen LogP contribution in [0.2, 0.25) is 0 Å². The van der Waals surface area contributed by atoms with Gasteiger partial charge < -0.3 is 5.32 Å². The Kier molecular flexibility index (Phi) is 3.27. The Morgan fingerprint density at radius 1 is 0.917 bits per heavy atom. The number of anilines is 2. The van der Waals surface area contributed by atoms with E-state index in [1.807, 2.05) is 56.3 Å². The predicted octanol–water partition coefficient (Wildman–Crippen LogP) is 3.60. The molecule has 118 valence electrons. The van der Waals surface area contributed by atoms with Crippen LogP contribution in [-0.4, -0.2) is 14.4 Å². The monoisotopic (exact) mass is 316 g/mol. The summed E-state index contributed by atoms with van der Waals surface area (Å²) in [5.41, 5.74) is 3.54. The normalized spacial score (nSPS) is 11.1. The highest BCUT2D eigenvalue weighted by atomic mass is 16.1. The molecule has 0 spiro atoms. The van der Waals surface area contributed by atoms with Crippen LogP contribution in [0.4, 0.5) is 11.5 Å². The van der Waals surface area contributed by atoms with Crippen molar-refractivity contribution in [3.63, 3.8) is 0 Å². The molecule has 0 aliphatic rings. The highest BCUT2D eigenvalue weighted by molar-refractivity contribution is 5.79. The smallest absolute Gasteiger partial charge is 0.266 e. The third kappa shape index (κ3) is 2.31. The molecule has 5 nitrogen and oxygen atoms in total. The average Bonchev–Trinajstić information content (AvgIpc) is 2.59. The molecule has 0 radical (unpaired) electrons. The maximum Gasteiger partial charge on any atom is 0.266 e. The number of aryl methyl sites for hydroxylation is 2. The lowest BCUT2D eigenvalue weighted by molar-refractivity contribution is 1.01. The molecule has 0 saturated heterocycles. The van der Waals surface area contributed by atoms with Crippen LogP contribution in [0.25, 0.3) is 16.7 Å². The molecular weight excluding hydrogens is 300 g/mol. The van der Waals surface area contributed by atoms with Crippen LogP contribution < -0.4 is 10.9 Å². The lowest BCUT2D eigenvalue weighted by Crippen LogP contribution is -2.17. The third-order valence-corrected chi connectivity index (χ3v) is 4.10. The summed E-state index contributed by atoms with van der Waals surface area (Å²) in [7, 11) is 0. The fraction of sp³-hybridized carbons (Fsp3) is 0.105. The summed E-state index contributed by atoms with van der Waals surface area (Å²) in [5.74, 6) is 1.09. The molecule has 5 heteroatoms. The molecule has 2 aromatic carbocycles. The molecule has 1 N–H and O–H groups in total. The van der Waals surface area contributed by atoms with E-state index in [4.69, 9.17) is 0 Å². The highest BCUT2D eigenvalue weighted by Crippen LogP contribution is 2.21. The zero-order chi connectivity index (χ0) is 16.7. The first-order valence-electron chi connectivity index (χ1n) is 7.75. The van der Waals surface area contributed by atoms with Gasteiger partial charge in [0.05, 0.1) is 10.9 Å². The molecular formula is C19H16N4O. The zero-order valence-electron chi connectivity index (χ0n) is 13.4. The van der Waals surface area contributed by atoms with Crippen molar-refractivity contribution in [3.8, 4) is 0 Å². The molecule has 0 saturated carbocycles. The second kappa shape index (κ2) is 5.45. The fourth-order valence-electron chi connectivity index (χ4n) is 2.74. The Hall–Kier alpha value is -3.21. The van der Waals surface area contributed by atoms with Crippen LogP contribution in [-0.2, 0) is 0 Å². The van der Waals surface area contributed by atoms with E-state index in [-0.39, 0.29) is 5.56 Å². The summed E-state index contributed by atoms with van der Waals surface area (Å²) >= 11 is 0. The summed E-state index contributed by atoms with van der Waals surface area (Å²) in [6, 6.07) is 15.3. The van der Waals surface area contributed by atoms with Crippen LogP contribution in [0.3, 0.4) is 0 Å². The summed E-state index contributed by atoms with van der Waals surface area (Å²) in [4.78, 5) is 21.7. The van der Waals surface area contributed by atoms with Crippen molar-refractivity contribution >= 4 is 28.2 Å². The molecule has 4 rings (SSSR count). The van der Waals surface area contributed by atoms with Gasteiger partial charge in [-0.1, -0.05) is 30.3 Å². The quantitative estimate of drug-likeness (QED) is 0.574. The summed E-state index contributed by atoms with van der Waals surface area (Å²) in [6.45, 7) is 3.96. The molecule has 2 heterocycles. The van der Waals surface area contributed by atoms with E-state index in [2.05, 4.69) is 15.3 Å². The highest BCUT2D eigenvalue weighted by Gasteiger charge is 2.10. The molecule has 4 aromatic rings. The van der Waals surface area contributed by atoms with Crippen molar-refractivity contribution in [2.24, 2.45) is 0 Å². The Bertz CT molecular complexity index is 1130. The number of benzene rings is 2. The first-order valence-corrected chi connectivity index (χ1v) is 7.75. The van der Waals surface area contributed by atoms with Crippen molar-refractivity contribution in [2.75, 3.05) is 5.32 Å². The number of nitrogens with zero attached hydrogens (tertiary/aromatic N) is 3. The predicted molar refractivity (Wildman–Crippen MR) is 96.0 cm³/mol. The standard InChI is InChI=1S/C19H16N4O/c1-12-7-3-5-9-15(12)20-17-13(2)11-23-18(24)14-8-4-6-10-16(14)21-19(23)22-17/h3-11H,1-2H3,(H,20,21,22). The van der Waals surface area contributed by atoms with Crippen LogP contribution in [0.5, 0.6) is 0 Å². The number of rotatable bonds is 2. The second-order valence-corrected chi connectivity index (χ2v) is 5.82. The van der Waals surface area contributed by atoms with Gasteiger partial charge in [0.25, 0.3) is 5.56 Å². The Labute approximate surface area is 138 Å². The molecule has 0 aliphatic heterocycles. The SMILES string of the molecule is Cc1ccccc1Nc1nc2nc3ccccc3c(=O)n2cc1C. The lowest BCUT2D eigenvalue weighted by Gasteiger charge is -2.12.